The Bertz CT molecular complexity index is 654. The summed E-state index contributed by atoms with van der Waals surface area (Å²) in [5.41, 5.74) is 0.873. The van der Waals surface area contributed by atoms with E-state index in [0.717, 1.165) is 10.9 Å². The highest BCUT2D eigenvalue weighted by Gasteiger charge is 2.28. The number of aromatic nitrogens is 1. The van der Waals surface area contributed by atoms with Crippen molar-refractivity contribution in [3.63, 3.8) is 0 Å². The molecule has 1 aliphatic rings. The first kappa shape index (κ1) is 11.6. The highest BCUT2D eigenvalue weighted by Crippen LogP contribution is 2.20. The van der Waals surface area contributed by atoms with Crippen LogP contribution in [0.1, 0.15) is 12.8 Å². The summed E-state index contributed by atoms with van der Waals surface area (Å²) in [5.74, 6) is -0.0981. The molecule has 5 nitrogen and oxygen atoms in total. The van der Waals surface area contributed by atoms with Gasteiger partial charge in [0, 0.05) is 18.2 Å². The van der Waals surface area contributed by atoms with E-state index in [0.29, 0.717) is 18.6 Å². The molecule has 0 bridgehead atoms. The lowest BCUT2D eigenvalue weighted by Crippen LogP contribution is -2.46. The highest BCUT2D eigenvalue weighted by atomic mass is 16.5. The zero-order chi connectivity index (χ0) is 13.2. The number of imide groups is 1. The number of hydrogen-bond acceptors (Lipinski definition) is 4. The van der Waals surface area contributed by atoms with Crippen LogP contribution in [0.5, 0.6) is 5.75 Å². The van der Waals surface area contributed by atoms with Gasteiger partial charge in [0.2, 0.25) is 5.91 Å². The third-order valence-electron chi connectivity index (χ3n) is 3.03. The number of carbonyl (C=O) groups is 2. The number of rotatable bonds is 2. The number of carbonyl (C=O) groups excluding carboxylic acids is 2. The van der Waals surface area contributed by atoms with Crippen LogP contribution in [-0.2, 0) is 9.59 Å². The number of nitrogens with one attached hydrogen (secondary N) is 1. The Hall–Kier alpha value is -2.43. The molecule has 0 radical (unpaired) electrons. The second-order valence-electron chi connectivity index (χ2n) is 4.42. The summed E-state index contributed by atoms with van der Waals surface area (Å²) in [5, 5.41) is 3.21. The molecular weight excluding hydrogens is 244 g/mol. The normalized spacial score (nSPS) is 19.3. The maximum atomic E-state index is 11.6. The fourth-order valence-electron chi connectivity index (χ4n) is 2.07. The first-order valence-corrected chi connectivity index (χ1v) is 6.07. The third kappa shape index (κ3) is 2.40. The number of pyridine rings is 1. The lowest BCUT2D eigenvalue weighted by atomic mass is 10.1. The molecule has 0 spiro atoms. The smallest absolute Gasteiger partial charge is 0.267 e. The topological polar surface area (TPSA) is 68.3 Å². The predicted molar refractivity (Wildman–Crippen MR) is 68.5 cm³/mol. The SMILES string of the molecule is O=C1CCC(Oc2cnc3ccccc3c2)C(=O)N1. The largest absolute Gasteiger partial charge is 0.479 e. The quantitative estimate of drug-likeness (QED) is 0.825. The summed E-state index contributed by atoms with van der Waals surface area (Å²) in [4.78, 5) is 26.9. The molecule has 3 rings (SSSR count). The van der Waals surface area contributed by atoms with Crippen LogP contribution >= 0.6 is 0 Å². The van der Waals surface area contributed by atoms with Crippen molar-refractivity contribution < 1.29 is 14.3 Å². The number of fused-ring (bicyclic) bond motifs is 1. The molecule has 96 valence electrons. The van der Waals surface area contributed by atoms with E-state index < -0.39 is 6.10 Å². The molecule has 19 heavy (non-hydrogen) atoms. The number of hydrogen-bond donors (Lipinski definition) is 1. The molecular formula is C14H12N2O3. The number of para-hydroxylation sites is 1. The number of piperidine rings is 1. The first-order chi connectivity index (χ1) is 9.22. The Labute approximate surface area is 109 Å². The van der Waals surface area contributed by atoms with Crippen molar-refractivity contribution in [2.24, 2.45) is 0 Å². The van der Waals surface area contributed by atoms with Gasteiger partial charge in [0.1, 0.15) is 5.75 Å². The van der Waals surface area contributed by atoms with Crippen molar-refractivity contribution in [3.8, 4) is 5.75 Å². The van der Waals surface area contributed by atoms with E-state index in [2.05, 4.69) is 10.3 Å². The molecule has 1 aromatic heterocycles. The molecule has 1 saturated heterocycles. The second-order valence-corrected chi connectivity index (χ2v) is 4.42. The van der Waals surface area contributed by atoms with Crippen LogP contribution in [-0.4, -0.2) is 22.9 Å². The van der Waals surface area contributed by atoms with Gasteiger partial charge in [-0.15, -0.1) is 0 Å². The second kappa shape index (κ2) is 4.68. The fourth-order valence-corrected chi connectivity index (χ4v) is 2.07. The average molecular weight is 256 g/mol. The monoisotopic (exact) mass is 256 g/mol. The van der Waals surface area contributed by atoms with Gasteiger partial charge in [-0.1, -0.05) is 18.2 Å². The number of ether oxygens (including phenoxy) is 1. The standard InChI is InChI=1S/C14H12N2O3/c17-13-6-5-12(14(18)16-13)19-10-7-9-3-1-2-4-11(9)15-8-10/h1-4,7-8,12H,5-6H2,(H,16,17,18). The highest BCUT2D eigenvalue weighted by molar-refractivity contribution is 5.99. The summed E-state index contributed by atoms with van der Waals surface area (Å²) in [7, 11) is 0. The van der Waals surface area contributed by atoms with Crippen LogP contribution in [0.2, 0.25) is 0 Å². The minimum atomic E-state index is -0.624. The van der Waals surface area contributed by atoms with E-state index >= 15 is 0 Å². The lowest BCUT2D eigenvalue weighted by Gasteiger charge is -2.21. The van der Waals surface area contributed by atoms with Gasteiger partial charge in [-0.3, -0.25) is 19.9 Å². The van der Waals surface area contributed by atoms with E-state index in [9.17, 15) is 9.59 Å². The summed E-state index contributed by atoms with van der Waals surface area (Å²) < 4.78 is 5.60. The molecule has 2 aromatic rings. The first-order valence-electron chi connectivity index (χ1n) is 6.07. The van der Waals surface area contributed by atoms with Crippen molar-refractivity contribution in [1.29, 1.82) is 0 Å². The van der Waals surface area contributed by atoms with Crippen molar-refractivity contribution in [3.05, 3.63) is 36.5 Å². The fraction of sp³-hybridized carbons (Fsp3) is 0.214. The van der Waals surface area contributed by atoms with Crippen LogP contribution in [0.25, 0.3) is 10.9 Å². The van der Waals surface area contributed by atoms with Gasteiger partial charge in [0.15, 0.2) is 6.10 Å². The molecule has 0 saturated carbocycles. The average Bonchev–Trinajstić information content (AvgIpc) is 2.42. The van der Waals surface area contributed by atoms with Crippen LogP contribution in [0.15, 0.2) is 36.5 Å². The summed E-state index contributed by atoms with van der Waals surface area (Å²) in [6, 6.07) is 9.51. The van der Waals surface area contributed by atoms with Crippen LogP contribution in [0.4, 0.5) is 0 Å². The van der Waals surface area contributed by atoms with Gasteiger partial charge in [0.25, 0.3) is 5.91 Å². The molecule has 2 heterocycles. The van der Waals surface area contributed by atoms with Crippen molar-refractivity contribution in [1.82, 2.24) is 10.3 Å². The van der Waals surface area contributed by atoms with Gasteiger partial charge in [-0.2, -0.15) is 0 Å². The van der Waals surface area contributed by atoms with E-state index in [-0.39, 0.29) is 11.8 Å². The minimum Gasteiger partial charge on any atom is -0.479 e. The van der Waals surface area contributed by atoms with E-state index in [1.807, 2.05) is 30.3 Å². The molecule has 1 aliphatic heterocycles. The minimum absolute atomic E-state index is 0.249. The van der Waals surface area contributed by atoms with E-state index in [1.165, 1.54) is 0 Å². The molecule has 1 atom stereocenters. The van der Waals surface area contributed by atoms with Gasteiger partial charge in [0.05, 0.1) is 11.7 Å². The lowest BCUT2D eigenvalue weighted by molar-refractivity contribution is -0.138. The van der Waals surface area contributed by atoms with Crippen LogP contribution < -0.4 is 10.1 Å². The summed E-state index contributed by atoms with van der Waals surface area (Å²) in [6.07, 6.45) is 1.67. The maximum Gasteiger partial charge on any atom is 0.267 e. The molecule has 1 N–H and O–H groups in total. The molecule has 5 heteroatoms. The zero-order valence-corrected chi connectivity index (χ0v) is 10.1. The van der Waals surface area contributed by atoms with Gasteiger partial charge in [-0.25, -0.2) is 0 Å². The summed E-state index contributed by atoms with van der Waals surface area (Å²) in [6.45, 7) is 0. The van der Waals surface area contributed by atoms with Crippen molar-refractivity contribution in [2.45, 2.75) is 18.9 Å². The van der Waals surface area contributed by atoms with Crippen molar-refractivity contribution in [2.75, 3.05) is 0 Å². The van der Waals surface area contributed by atoms with E-state index in [4.69, 9.17) is 4.74 Å². The van der Waals surface area contributed by atoms with Crippen LogP contribution in [0, 0.1) is 0 Å². The molecule has 2 amide bonds. The Morgan fingerprint density at radius 2 is 2.11 bits per heavy atom. The molecule has 1 aromatic carbocycles. The molecule has 1 fully saturated rings. The third-order valence-corrected chi connectivity index (χ3v) is 3.03. The predicted octanol–water partition coefficient (Wildman–Crippen LogP) is 1.42. The summed E-state index contributed by atoms with van der Waals surface area (Å²) >= 11 is 0. The Morgan fingerprint density at radius 1 is 1.26 bits per heavy atom. The van der Waals surface area contributed by atoms with Gasteiger partial charge in [-0.05, 0) is 12.1 Å². The number of benzene rings is 1. The zero-order valence-electron chi connectivity index (χ0n) is 10.1. The van der Waals surface area contributed by atoms with Gasteiger partial charge >= 0.3 is 0 Å². The van der Waals surface area contributed by atoms with Crippen LogP contribution in [0.3, 0.4) is 0 Å². The van der Waals surface area contributed by atoms with Gasteiger partial charge < -0.3 is 4.74 Å². The number of amides is 2. The molecule has 0 aliphatic carbocycles. The maximum absolute atomic E-state index is 11.6. The van der Waals surface area contributed by atoms with Crippen molar-refractivity contribution >= 4 is 22.7 Å². The Morgan fingerprint density at radius 3 is 2.95 bits per heavy atom. The Kier molecular flexibility index (Phi) is 2.87. The Balaban J connectivity index is 1.81. The molecule has 1 unspecified atom stereocenters. The van der Waals surface area contributed by atoms with E-state index in [1.54, 1.807) is 6.20 Å². The number of nitrogens with zero attached hydrogens (tertiary/aromatic N) is 1.